The molecule has 1 aromatic heterocycles. The summed E-state index contributed by atoms with van der Waals surface area (Å²) in [6, 6.07) is 2.02. The highest BCUT2D eigenvalue weighted by atomic mass is 79.9. The topological polar surface area (TPSA) is 25.8 Å². The van der Waals surface area contributed by atoms with Crippen molar-refractivity contribution in [2.45, 2.75) is 25.7 Å². The summed E-state index contributed by atoms with van der Waals surface area (Å²) in [5, 5.41) is 0. The van der Waals surface area contributed by atoms with Crippen molar-refractivity contribution in [1.29, 1.82) is 0 Å². The first-order valence-corrected chi connectivity index (χ1v) is 4.56. The molecule has 0 atom stereocenters. The third-order valence-electron chi connectivity index (χ3n) is 1.82. The summed E-state index contributed by atoms with van der Waals surface area (Å²) < 4.78 is 0.909. The van der Waals surface area contributed by atoms with Crippen LogP contribution in [-0.4, -0.2) is 9.97 Å². The van der Waals surface area contributed by atoms with E-state index in [1.54, 1.807) is 0 Å². The first kappa shape index (κ1) is 7.22. The molecule has 0 bridgehead atoms. The molecule has 11 heavy (non-hydrogen) atoms. The monoisotopic (exact) mass is 212 g/mol. The smallest absolute Gasteiger partial charge is 0.126 e. The number of aromatic nitrogens is 2. The van der Waals surface area contributed by atoms with Gasteiger partial charge in [0, 0.05) is 11.6 Å². The van der Waals surface area contributed by atoms with Gasteiger partial charge in [-0.05, 0) is 41.8 Å². The fraction of sp³-hybridized carbons (Fsp3) is 0.500. The van der Waals surface area contributed by atoms with Crippen molar-refractivity contribution in [3.05, 3.63) is 22.2 Å². The Morgan fingerprint density at radius 1 is 1.45 bits per heavy atom. The quantitative estimate of drug-likeness (QED) is 0.669. The van der Waals surface area contributed by atoms with Crippen LogP contribution in [0.1, 0.15) is 30.3 Å². The Morgan fingerprint density at radius 2 is 2.18 bits per heavy atom. The molecule has 1 fully saturated rings. The van der Waals surface area contributed by atoms with Crippen molar-refractivity contribution in [3.63, 3.8) is 0 Å². The summed E-state index contributed by atoms with van der Waals surface area (Å²) in [5.74, 6) is 1.58. The number of aryl methyl sites for hydroxylation is 1. The van der Waals surface area contributed by atoms with E-state index in [1.165, 1.54) is 18.5 Å². The van der Waals surface area contributed by atoms with Crippen LogP contribution in [-0.2, 0) is 0 Å². The van der Waals surface area contributed by atoms with Gasteiger partial charge in [0.15, 0.2) is 0 Å². The Morgan fingerprint density at radius 3 is 2.73 bits per heavy atom. The van der Waals surface area contributed by atoms with Crippen molar-refractivity contribution >= 4 is 15.9 Å². The van der Waals surface area contributed by atoms with Gasteiger partial charge in [0.25, 0.3) is 0 Å². The van der Waals surface area contributed by atoms with Gasteiger partial charge >= 0.3 is 0 Å². The first-order chi connectivity index (χ1) is 5.25. The molecule has 3 heteroatoms. The second-order valence-electron chi connectivity index (χ2n) is 2.94. The number of rotatable bonds is 1. The Hall–Kier alpha value is -0.440. The maximum absolute atomic E-state index is 4.35. The molecule has 1 saturated carbocycles. The molecule has 0 unspecified atom stereocenters. The zero-order valence-corrected chi connectivity index (χ0v) is 7.93. The van der Waals surface area contributed by atoms with Gasteiger partial charge in [-0.25, -0.2) is 9.97 Å². The largest absolute Gasteiger partial charge is 0.238 e. The predicted octanol–water partition coefficient (Wildman–Crippen LogP) is 2.42. The summed E-state index contributed by atoms with van der Waals surface area (Å²) in [6.07, 6.45) is 2.59. The lowest BCUT2D eigenvalue weighted by Gasteiger charge is -1.98. The van der Waals surface area contributed by atoms with E-state index in [4.69, 9.17) is 0 Å². The average Bonchev–Trinajstić information content (AvgIpc) is 2.64. The van der Waals surface area contributed by atoms with E-state index >= 15 is 0 Å². The average molecular weight is 213 g/mol. The molecule has 0 saturated heterocycles. The molecular weight excluding hydrogens is 204 g/mol. The van der Waals surface area contributed by atoms with Crippen LogP contribution in [0.2, 0.25) is 0 Å². The number of hydrogen-bond donors (Lipinski definition) is 0. The maximum Gasteiger partial charge on any atom is 0.126 e. The Balaban J connectivity index is 2.39. The molecule has 2 rings (SSSR count). The normalized spacial score (nSPS) is 16.9. The van der Waals surface area contributed by atoms with Gasteiger partial charge in [0.2, 0.25) is 0 Å². The van der Waals surface area contributed by atoms with Crippen LogP contribution < -0.4 is 0 Å². The van der Waals surface area contributed by atoms with Gasteiger partial charge in [-0.2, -0.15) is 0 Å². The lowest BCUT2D eigenvalue weighted by atomic mass is 10.3. The molecule has 0 amide bonds. The van der Waals surface area contributed by atoms with Gasteiger partial charge in [-0.1, -0.05) is 0 Å². The molecule has 0 spiro atoms. The number of hydrogen-bond acceptors (Lipinski definition) is 2. The van der Waals surface area contributed by atoms with Crippen LogP contribution in [0.5, 0.6) is 0 Å². The van der Waals surface area contributed by atoms with Gasteiger partial charge in [-0.3, -0.25) is 0 Å². The third-order valence-corrected chi connectivity index (χ3v) is 2.23. The number of nitrogens with zero attached hydrogens (tertiary/aromatic N) is 2. The second-order valence-corrected chi connectivity index (χ2v) is 3.75. The Kier molecular flexibility index (Phi) is 1.68. The van der Waals surface area contributed by atoms with Crippen LogP contribution in [0.25, 0.3) is 0 Å². The predicted molar refractivity (Wildman–Crippen MR) is 46.4 cm³/mol. The molecule has 1 aliphatic carbocycles. The minimum atomic E-state index is 0.716. The molecular formula is C8H9BrN2. The van der Waals surface area contributed by atoms with E-state index < -0.39 is 0 Å². The lowest BCUT2D eigenvalue weighted by molar-refractivity contribution is 0.929. The van der Waals surface area contributed by atoms with Gasteiger partial charge in [-0.15, -0.1) is 0 Å². The van der Waals surface area contributed by atoms with E-state index in [-0.39, 0.29) is 0 Å². The van der Waals surface area contributed by atoms with Crippen LogP contribution in [0.15, 0.2) is 10.7 Å². The van der Waals surface area contributed by atoms with E-state index in [2.05, 4.69) is 25.9 Å². The molecule has 58 valence electrons. The van der Waals surface area contributed by atoms with E-state index in [0.29, 0.717) is 5.92 Å². The minimum absolute atomic E-state index is 0.716. The van der Waals surface area contributed by atoms with Crippen LogP contribution >= 0.6 is 15.9 Å². The zero-order chi connectivity index (χ0) is 7.84. The highest BCUT2D eigenvalue weighted by Gasteiger charge is 2.25. The van der Waals surface area contributed by atoms with E-state index in [1.807, 2.05) is 13.0 Å². The fourth-order valence-electron chi connectivity index (χ4n) is 1.14. The summed E-state index contributed by atoms with van der Waals surface area (Å²) in [4.78, 5) is 8.50. The second kappa shape index (κ2) is 2.55. The standard InChI is InChI=1S/C8H9BrN2/c1-5-10-7(6-2-3-6)4-8(9)11-5/h4,6H,2-3H2,1H3. The molecule has 2 nitrogen and oxygen atoms in total. The molecule has 1 heterocycles. The molecule has 1 aromatic rings. The number of halogens is 1. The van der Waals surface area contributed by atoms with Crippen molar-refractivity contribution < 1.29 is 0 Å². The van der Waals surface area contributed by atoms with Crippen LogP contribution in [0, 0.1) is 6.92 Å². The van der Waals surface area contributed by atoms with E-state index in [9.17, 15) is 0 Å². The van der Waals surface area contributed by atoms with Gasteiger partial charge in [0.1, 0.15) is 10.4 Å². The van der Waals surface area contributed by atoms with Gasteiger partial charge in [0.05, 0.1) is 0 Å². The molecule has 1 aliphatic rings. The van der Waals surface area contributed by atoms with Crippen molar-refractivity contribution in [2.24, 2.45) is 0 Å². The third kappa shape index (κ3) is 1.59. The zero-order valence-electron chi connectivity index (χ0n) is 6.34. The summed E-state index contributed by atoms with van der Waals surface area (Å²) in [5.41, 5.74) is 1.20. The fourth-order valence-corrected chi connectivity index (χ4v) is 1.63. The highest BCUT2D eigenvalue weighted by Crippen LogP contribution is 2.39. The summed E-state index contributed by atoms with van der Waals surface area (Å²) in [6.45, 7) is 1.93. The molecule has 0 N–H and O–H groups in total. The summed E-state index contributed by atoms with van der Waals surface area (Å²) >= 11 is 3.36. The Labute approximate surface area is 74.2 Å². The lowest BCUT2D eigenvalue weighted by Crippen LogP contribution is -1.93. The molecule has 0 aliphatic heterocycles. The van der Waals surface area contributed by atoms with Crippen molar-refractivity contribution in [1.82, 2.24) is 9.97 Å². The SMILES string of the molecule is Cc1nc(Br)cc(C2CC2)n1. The van der Waals surface area contributed by atoms with Crippen molar-refractivity contribution in [3.8, 4) is 0 Å². The van der Waals surface area contributed by atoms with Crippen LogP contribution in [0.4, 0.5) is 0 Å². The molecule has 0 aromatic carbocycles. The summed E-state index contributed by atoms with van der Waals surface area (Å²) in [7, 11) is 0. The minimum Gasteiger partial charge on any atom is -0.238 e. The van der Waals surface area contributed by atoms with E-state index in [0.717, 1.165) is 10.4 Å². The first-order valence-electron chi connectivity index (χ1n) is 3.77. The van der Waals surface area contributed by atoms with Crippen LogP contribution in [0.3, 0.4) is 0 Å². The maximum atomic E-state index is 4.35. The molecule has 0 radical (unpaired) electrons. The van der Waals surface area contributed by atoms with Gasteiger partial charge < -0.3 is 0 Å². The Bertz CT molecular complexity index is 261. The highest BCUT2D eigenvalue weighted by molar-refractivity contribution is 9.10. The van der Waals surface area contributed by atoms with Crippen molar-refractivity contribution in [2.75, 3.05) is 0 Å².